The molecule has 0 saturated carbocycles. The number of hydrazine groups is 1. The third-order valence-electron chi connectivity index (χ3n) is 3.74. The van der Waals surface area contributed by atoms with Crippen molar-refractivity contribution < 1.29 is 22.4 Å². The second kappa shape index (κ2) is 8.36. The van der Waals surface area contributed by atoms with E-state index in [4.69, 9.17) is 4.42 Å². The lowest BCUT2D eigenvalue weighted by molar-refractivity contribution is -0.121. The summed E-state index contributed by atoms with van der Waals surface area (Å²) >= 11 is 0. The number of carbonyl (C=O) groups is 2. The number of sulfonamides is 1. The highest BCUT2D eigenvalue weighted by atomic mass is 32.2. The molecule has 0 radical (unpaired) electrons. The van der Waals surface area contributed by atoms with E-state index in [2.05, 4.69) is 15.6 Å². The molecule has 0 aliphatic carbocycles. The molecule has 1 heterocycles. The minimum Gasteiger partial charge on any atom is -0.459 e. The average molecular weight is 393 g/mol. The van der Waals surface area contributed by atoms with E-state index in [1.54, 1.807) is 18.2 Å². The fraction of sp³-hybridized carbons (Fsp3) is 0.333. The molecule has 146 valence electrons. The zero-order chi connectivity index (χ0) is 20.1. The fourth-order valence-electron chi connectivity index (χ4n) is 2.17. The summed E-state index contributed by atoms with van der Waals surface area (Å²) in [6.07, 6.45) is 1.19. The highest BCUT2D eigenvalue weighted by Crippen LogP contribution is 2.23. The Morgan fingerprint density at radius 1 is 1.04 bits per heavy atom. The summed E-state index contributed by atoms with van der Waals surface area (Å²) in [6.45, 7) is 6.01. The van der Waals surface area contributed by atoms with Crippen LogP contribution in [0.4, 0.5) is 0 Å². The van der Waals surface area contributed by atoms with Crippen molar-refractivity contribution in [1.29, 1.82) is 0 Å². The number of amides is 2. The quantitative estimate of drug-likeness (QED) is 0.646. The Labute approximate surface area is 158 Å². The van der Waals surface area contributed by atoms with Crippen molar-refractivity contribution in [2.45, 2.75) is 37.5 Å². The zero-order valence-corrected chi connectivity index (χ0v) is 16.2. The molecule has 0 atom stereocenters. The first-order valence-corrected chi connectivity index (χ1v) is 9.81. The minimum atomic E-state index is -3.72. The summed E-state index contributed by atoms with van der Waals surface area (Å²) in [5.74, 6) is -1.09. The van der Waals surface area contributed by atoms with Gasteiger partial charge in [0.2, 0.25) is 15.9 Å². The maximum atomic E-state index is 12.3. The zero-order valence-electron chi connectivity index (χ0n) is 15.4. The number of carbonyl (C=O) groups excluding carboxylic acids is 2. The lowest BCUT2D eigenvalue weighted by Crippen LogP contribution is -2.42. The highest BCUT2D eigenvalue weighted by Gasteiger charge is 2.18. The number of hydrogen-bond donors (Lipinski definition) is 3. The number of rotatable bonds is 6. The molecule has 0 fully saturated rings. The number of nitrogens with one attached hydrogen (secondary N) is 3. The van der Waals surface area contributed by atoms with Gasteiger partial charge in [-0.15, -0.1) is 0 Å². The first kappa shape index (κ1) is 20.7. The van der Waals surface area contributed by atoms with Crippen LogP contribution in [0, 0.1) is 0 Å². The largest absolute Gasteiger partial charge is 0.459 e. The number of furan rings is 1. The Morgan fingerprint density at radius 2 is 1.70 bits per heavy atom. The van der Waals surface area contributed by atoms with Gasteiger partial charge in [0.1, 0.15) is 0 Å². The van der Waals surface area contributed by atoms with E-state index in [0.29, 0.717) is 0 Å². The second-order valence-corrected chi connectivity index (χ2v) is 8.67. The molecule has 1 aromatic heterocycles. The van der Waals surface area contributed by atoms with Crippen LogP contribution in [-0.4, -0.2) is 26.8 Å². The Kier molecular flexibility index (Phi) is 6.40. The van der Waals surface area contributed by atoms with Gasteiger partial charge in [-0.1, -0.05) is 32.9 Å². The van der Waals surface area contributed by atoms with Crippen LogP contribution in [-0.2, 0) is 20.2 Å². The third-order valence-corrected chi connectivity index (χ3v) is 5.21. The van der Waals surface area contributed by atoms with E-state index in [-0.39, 0.29) is 29.0 Å². The molecular formula is C18H23N3O5S. The van der Waals surface area contributed by atoms with Crippen LogP contribution in [0.2, 0.25) is 0 Å². The van der Waals surface area contributed by atoms with Gasteiger partial charge in [0, 0.05) is 13.0 Å². The van der Waals surface area contributed by atoms with Crippen LogP contribution >= 0.6 is 0 Å². The standard InChI is InChI=1S/C18H23N3O5S/c1-18(2,3)13-6-8-14(9-7-13)27(24,25)19-11-10-16(22)20-21-17(23)15-5-4-12-26-15/h4-9,12,19H,10-11H2,1-3H3,(H,20,22)(H,21,23). The lowest BCUT2D eigenvalue weighted by atomic mass is 9.87. The molecular weight excluding hydrogens is 370 g/mol. The summed E-state index contributed by atoms with van der Waals surface area (Å²) in [5, 5.41) is 0. The molecule has 2 rings (SSSR count). The fourth-order valence-corrected chi connectivity index (χ4v) is 3.21. The van der Waals surface area contributed by atoms with Crippen molar-refractivity contribution in [3.8, 4) is 0 Å². The second-order valence-electron chi connectivity index (χ2n) is 6.90. The topological polar surface area (TPSA) is 118 Å². The van der Waals surface area contributed by atoms with Crippen molar-refractivity contribution in [1.82, 2.24) is 15.6 Å². The van der Waals surface area contributed by atoms with Crippen molar-refractivity contribution in [3.63, 3.8) is 0 Å². The van der Waals surface area contributed by atoms with Crippen molar-refractivity contribution in [2.75, 3.05) is 6.54 Å². The Morgan fingerprint density at radius 3 is 2.26 bits per heavy atom. The molecule has 1 aromatic carbocycles. The predicted molar refractivity (Wildman–Crippen MR) is 99.3 cm³/mol. The summed E-state index contributed by atoms with van der Waals surface area (Å²) in [5.41, 5.74) is 5.31. The van der Waals surface area contributed by atoms with E-state index in [9.17, 15) is 18.0 Å². The molecule has 0 aliphatic heterocycles. The maximum Gasteiger partial charge on any atom is 0.305 e. The van der Waals surface area contributed by atoms with E-state index < -0.39 is 21.8 Å². The summed E-state index contributed by atoms with van der Waals surface area (Å²) in [4.78, 5) is 23.4. The predicted octanol–water partition coefficient (Wildman–Crippen LogP) is 1.71. The molecule has 3 N–H and O–H groups in total. The van der Waals surface area contributed by atoms with Gasteiger partial charge in [0.15, 0.2) is 5.76 Å². The number of benzene rings is 1. The van der Waals surface area contributed by atoms with E-state index in [1.807, 2.05) is 20.8 Å². The van der Waals surface area contributed by atoms with Crippen molar-refractivity contribution in [3.05, 3.63) is 54.0 Å². The first-order chi connectivity index (χ1) is 12.6. The molecule has 2 aromatic rings. The minimum absolute atomic E-state index is 0.0507. The molecule has 0 saturated heterocycles. The molecule has 0 unspecified atom stereocenters. The first-order valence-electron chi connectivity index (χ1n) is 8.32. The normalized spacial score (nSPS) is 11.8. The highest BCUT2D eigenvalue weighted by molar-refractivity contribution is 7.89. The van der Waals surface area contributed by atoms with Gasteiger partial charge in [0.05, 0.1) is 11.2 Å². The van der Waals surface area contributed by atoms with Gasteiger partial charge >= 0.3 is 5.91 Å². The smallest absolute Gasteiger partial charge is 0.305 e. The van der Waals surface area contributed by atoms with Crippen molar-refractivity contribution in [2.24, 2.45) is 0 Å². The average Bonchev–Trinajstić information content (AvgIpc) is 3.13. The molecule has 9 heteroatoms. The maximum absolute atomic E-state index is 12.3. The van der Waals surface area contributed by atoms with Gasteiger partial charge in [-0.3, -0.25) is 20.4 Å². The summed E-state index contributed by atoms with van der Waals surface area (Å²) < 4.78 is 31.8. The molecule has 0 spiro atoms. The lowest BCUT2D eigenvalue weighted by Gasteiger charge is -2.19. The van der Waals surface area contributed by atoms with E-state index in [1.165, 1.54) is 24.5 Å². The Balaban J connectivity index is 1.81. The van der Waals surface area contributed by atoms with Crippen molar-refractivity contribution >= 4 is 21.8 Å². The van der Waals surface area contributed by atoms with Gasteiger partial charge in [-0.25, -0.2) is 13.1 Å². The molecule has 27 heavy (non-hydrogen) atoms. The van der Waals surface area contributed by atoms with Gasteiger partial charge < -0.3 is 4.42 Å². The van der Waals surface area contributed by atoms with Crippen LogP contribution < -0.4 is 15.6 Å². The SMILES string of the molecule is CC(C)(C)c1ccc(S(=O)(=O)NCCC(=O)NNC(=O)c2ccco2)cc1. The van der Waals surface area contributed by atoms with E-state index in [0.717, 1.165) is 5.56 Å². The van der Waals surface area contributed by atoms with Crippen LogP contribution in [0.3, 0.4) is 0 Å². The molecule has 2 amide bonds. The molecule has 8 nitrogen and oxygen atoms in total. The number of hydrogen-bond acceptors (Lipinski definition) is 5. The Hall–Kier alpha value is -2.65. The van der Waals surface area contributed by atoms with Crippen LogP contribution in [0.25, 0.3) is 0 Å². The summed E-state index contributed by atoms with van der Waals surface area (Å²) in [7, 11) is -3.72. The van der Waals surface area contributed by atoms with Crippen LogP contribution in [0.1, 0.15) is 43.3 Å². The monoisotopic (exact) mass is 393 g/mol. The molecule has 0 aliphatic rings. The van der Waals surface area contributed by atoms with Gasteiger partial charge in [-0.2, -0.15) is 0 Å². The summed E-state index contributed by atoms with van der Waals surface area (Å²) in [6, 6.07) is 9.59. The van der Waals surface area contributed by atoms with Gasteiger partial charge in [0.25, 0.3) is 0 Å². The van der Waals surface area contributed by atoms with Crippen LogP contribution in [0.5, 0.6) is 0 Å². The van der Waals surface area contributed by atoms with Crippen LogP contribution in [0.15, 0.2) is 52.0 Å². The third kappa shape index (κ3) is 5.93. The van der Waals surface area contributed by atoms with Gasteiger partial charge in [-0.05, 0) is 35.2 Å². The van der Waals surface area contributed by atoms with E-state index >= 15 is 0 Å². The molecule has 0 bridgehead atoms. The Bertz CT molecular complexity index is 882.